The lowest BCUT2D eigenvalue weighted by Gasteiger charge is -2.29. The molecule has 1 aromatic carbocycles. The Bertz CT molecular complexity index is 567. The molecule has 1 aromatic heterocycles. The lowest BCUT2D eigenvalue weighted by molar-refractivity contribution is 0.185. The van der Waals surface area contributed by atoms with Crippen LogP contribution in [0.4, 0.5) is 4.39 Å². The predicted octanol–water partition coefficient (Wildman–Crippen LogP) is 2.40. The van der Waals surface area contributed by atoms with E-state index in [-0.39, 0.29) is 11.9 Å². The van der Waals surface area contributed by atoms with Crippen molar-refractivity contribution in [3.63, 3.8) is 0 Å². The number of piperidine rings is 1. The number of benzene rings is 1. The van der Waals surface area contributed by atoms with Gasteiger partial charge in [-0.25, -0.2) is 9.37 Å². The molecule has 0 radical (unpaired) electrons. The van der Waals surface area contributed by atoms with Crippen molar-refractivity contribution in [1.29, 1.82) is 0 Å². The lowest BCUT2D eigenvalue weighted by Crippen LogP contribution is -2.42. The molecule has 0 saturated carbocycles. The highest BCUT2D eigenvalue weighted by molar-refractivity contribution is 5.55. The minimum atomic E-state index is -0.254. The Morgan fingerprint density at radius 1 is 1.35 bits per heavy atom. The van der Waals surface area contributed by atoms with Gasteiger partial charge in [0.15, 0.2) is 5.76 Å². The monoisotopic (exact) mass is 275 g/mol. The van der Waals surface area contributed by atoms with Crippen molar-refractivity contribution in [2.75, 3.05) is 13.1 Å². The second-order valence-corrected chi connectivity index (χ2v) is 5.26. The van der Waals surface area contributed by atoms with Gasteiger partial charge in [0.05, 0.1) is 12.7 Å². The van der Waals surface area contributed by atoms with E-state index in [1.54, 1.807) is 18.3 Å². The number of likely N-dealkylation sites (tertiary alicyclic amines) is 1. The number of nitrogens with zero attached hydrogens (tertiary/aromatic N) is 2. The maximum atomic E-state index is 12.9. The van der Waals surface area contributed by atoms with E-state index in [0.717, 1.165) is 31.5 Å². The Labute approximate surface area is 117 Å². The third-order valence-corrected chi connectivity index (χ3v) is 3.58. The number of rotatable bonds is 3. The van der Waals surface area contributed by atoms with Crippen molar-refractivity contribution in [1.82, 2.24) is 9.88 Å². The van der Waals surface area contributed by atoms with Gasteiger partial charge in [0.2, 0.25) is 5.89 Å². The van der Waals surface area contributed by atoms with Crippen LogP contribution in [0, 0.1) is 5.82 Å². The van der Waals surface area contributed by atoms with Gasteiger partial charge in [-0.05, 0) is 43.7 Å². The fourth-order valence-corrected chi connectivity index (χ4v) is 2.56. The van der Waals surface area contributed by atoms with E-state index in [2.05, 4.69) is 9.88 Å². The van der Waals surface area contributed by atoms with Crippen LogP contribution in [-0.2, 0) is 6.54 Å². The van der Waals surface area contributed by atoms with Crippen molar-refractivity contribution in [3.8, 4) is 11.3 Å². The molecule has 1 aliphatic rings. The summed E-state index contributed by atoms with van der Waals surface area (Å²) in [5, 5.41) is 0. The van der Waals surface area contributed by atoms with Crippen LogP contribution in [0.3, 0.4) is 0 Å². The van der Waals surface area contributed by atoms with E-state index in [0.29, 0.717) is 18.2 Å². The van der Waals surface area contributed by atoms with Crippen LogP contribution in [0.2, 0.25) is 0 Å². The Hall–Kier alpha value is -1.72. The topological polar surface area (TPSA) is 55.3 Å². The van der Waals surface area contributed by atoms with Crippen molar-refractivity contribution >= 4 is 0 Å². The van der Waals surface area contributed by atoms with Gasteiger partial charge >= 0.3 is 0 Å². The number of hydrogen-bond acceptors (Lipinski definition) is 4. The van der Waals surface area contributed by atoms with Gasteiger partial charge < -0.3 is 10.2 Å². The second-order valence-electron chi connectivity index (χ2n) is 5.26. The van der Waals surface area contributed by atoms with Crippen molar-refractivity contribution in [3.05, 3.63) is 42.2 Å². The van der Waals surface area contributed by atoms with Crippen LogP contribution in [0.15, 0.2) is 34.9 Å². The summed E-state index contributed by atoms with van der Waals surface area (Å²) in [7, 11) is 0. The summed E-state index contributed by atoms with van der Waals surface area (Å²) < 4.78 is 18.6. The van der Waals surface area contributed by atoms with Crippen LogP contribution in [0.5, 0.6) is 0 Å². The van der Waals surface area contributed by atoms with Crippen LogP contribution in [0.1, 0.15) is 18.7 Å². The van der Waals surface area contributed by atoms with Gasteiger partial charge in [0.25, 0.3) is 0 Å². The largest absolute Gasteiger partial charge is 0.439 e. The van der Waals surface area contributed by atoms with Crippen molar-refractivity contribution < 1.29 is 8.81 Å². The minimum Gasteiger partial charge on any atom is -0.439 e. The summed E-state index contributed by atoms with van der Waals surface area (Å²) >= 11 is 0. The van der Waals surface area contributed by atoms with Crippen LogP contribution >= 0.6 is 0 Å². The normalized spacial score (nSPS) is 20.2. The number of aromatic nitrogens is 1. The molecule has 4 nitrogen and oxygen atoms in total. The third-order valence-electron chi connectivity index (χ3n) is 3.58. The Morgan fingerprint density at radius 3 is 2.90 bits per heavy atom. The molecule has 0 amide bonds. The standard InChI is InChI=1S/C15H18FN3O/c16-12-5-3-11(4-6-12)14-8-18-15(20-14)10-19-7-1-2-13(17)9-19/h3-6,8,13H,1-2,7,9-10,17H2. The fraction of sp³-hybridized carbons (Fsp3) is 0.400. The number of oxazole rings is 1. The molecule has 1 aliphatic heterocycles. The quantitative estimate of drug-likeness (QED) is 0.934. The van der Waals surface area contributed by atoms with E-state index in [9.17, 15) is 4.39 Å². The summed E-state index contributed by atoms with van der Waals surface area (Å²) in [5.41, 5.74) is 6.79. The number of nitrogens with two attached hydrogens (primary N) is 1. The minimum absolute atomic E-state index is 0.246. The molecule has 106 valence electrons. The molecule has 1 fully saturated rings. The summed E-state index contributed by atoms with van der Waals surface area (Å²) in [5.74, 6) is 1.09. The number of halogens is 1. The molecule has 1 unspecified atom stereocenters. The average Bonchev–Trinajstić information content (AvgIpc) is 2.88. The van der Waals surface area contributed by atoms with E-state index in [1.807, 2.05) is 0 Å². The molecule has 0 aliphatic carbocycles. The highest BCUT2D eigenvalue weighted by Crippen LogP contribution is 2.21. The maximum absolute atomic E-state index is 12.9. The van der Waals surface area contributed by atoms with Crippen LogP contribution in [0.25, 0.3) is 11.3 Å². The first kappa shape index (κ1) is 13.3. The zero-order chi connectivity index (χ0) is 13.9. The molecule has 2 heterocycles. The first-order valence-corrected chi connectivity index (χ1v) is 6.89. The van der Waals surface area contributed by atoms with Crippen molar-refractivity contribution in [2.24, 2.45) is 5.73 Å². The first-order valence-electron chi connectivity index (χ1n) is 6.89. The zero-order valence-corrected chi connectivity index (χ0v) is 11.3. The Kier molecular flexibility index (Phi) is 3.80. The van der Waals surface area contributed by atoms with Crippen LogP contribution in [-0.4, -0.2) is 29.0 Å². The van der Waals surface area contributed by atoms with E-state index < -0.39 is 0 Å². The Balaban J connectivity index is 1.69. The summed E-state index contributed by atoms with van der Waals surface area (Å²) in [6.07, 6.45) is 3.89. The molecule has 20 heavy (non-hydrogen) atoms. The maximum Gasteiger partial charge on any atom is 0.209 e. The van der Waals surface area contributed by atoms with Crippen LogP contribution < -0.4 is 5.73 Å². The molecule has 1 saturated heterocycles. The molecule has 2 aromatic rings. The second kappa shape index (κ2) is 5.73. The van der Waals surface area contributed by atoms with E-state index in [1.165, 1.54) is 12.1 Å². The van der Waals surface area contributed by atoms with Gasteiger partial charge in [-0.3, -0.25) is 4.90 Å². The lowest BCUT2D eigenvalue weighted by atomic mass is 10.1. The molecular formula is C15H18FN3O. The van der Waals surface area contributed by atoms with Gasteiger partial charge in [-0.2, -0.15) is 0 Å². The summed E-state index contributed by atoms with van der Waals surface area (Å²) in [6, 6.07) is 6.46. The van der Waals surface area contributed by atoms with E-state index in [4.69, 9.17) is 10.2 Å². The molecule has 5 heteroatoms. The van der Waals surface area contributed by atoms with Crippen molar-refractivity contribution in [2.45, 2.75) is 25.4 Å². The molecule has 1 atom stereocenters. The molecule has 2 N–H and O–H groups in total. The molecule has 3 rings (SSSR count). The Morgan fingerprint density at radius 2 is 2.15 bits per heavy atom. The zero-order valence-electron chi connectivity index (χ0n) is 11.3. The van der Waals surface area contributed by atoms with Gasteiger partial charge in [-0.15, -0.1) is 0 Å². The highest BCUT2D eigenvalue weighted by atomic mass is 19.1. The summed E-state index contributed by atoms with van der Waals surface area (Å²) in [4.78, 5) is 6.55. The average molecular weight is 275 g/mol. The van der Waals surface area contributed by atoms with Gasteiger partial charge in [-0.1, -0.05) is 0 Å². The number of hydrogen-bond donors (Lipinski definition) is 1. The van der Waals surface area contributed by atoms with Gasteiger partial charge in [0.1, 0.15) is 5.82 Å². The first-order chi connectivity index (χ1) is 9.70. The molecular weight excluding hydrogens is 257 g/mol. The fourth-order valence-electron chi connectivity index (χ4n) is 2.56. The third kappa shape index (κ3) is 3.05. The molecule has 0 spiro atoms. The SMILES string of the molecule is NC1CCCN(Cc2ncc(-c3ccc(F)cc3)o2)C1. The molecule has 0 bridgehead atoms. The van der Waals surface area contributed by atoms with Gasteiger partial charge in [0, 0.05) is 18.2 Å². The van der Waals surface area contributed by atoms with E-state index >= 15 is 0 Å². The smallest absolute Gasteiger partial charge is 0.209 e. The highest BCUT2D eigenvalue weighted by Gasteiger charge is 2.18. The predicted molar refractivity (Wildman–Crippen MR) is 74.4 cm³/mol. The summed E-state index contributed by atoms with van der Waals surface area (Å²) in [6.45, 7) is 2.59.